The second kappa shape index (κ2) is 6.15. The van der Waals surface area contributed by atoms with Crippen molar-refractivity contribution in [2.75, 3.05) is 13.1 Å². The van der Waals surface area contributed by atoms with Crippen LogP contribution in [-0.4, -0.2) is 41.0 Å². The van der Waals surface area contributed by atoms with Gasteiger partial charge in [0.25, 0.3) is 0 Å². The number of nitrogens with zero attached hydrogens (tertiary/aromatic N) is 1. The number of thiocarbonyl (C=S) groups is 1. The molecule has 4 nitrogen and oxygen atoms in total. The quantitative estimate of drug-likeness (QED) is 0.696. The Hall–Kier alpha value is -0.680. The van der Waals surface area contributed by atoms with Crippen LogP contribution in [0.15, 0.2) is 0 Å². The van der Waals surface area contributed by atoms with Crippen molar-refractivity contribution in [2.45, 2.75) is 45.2 Å². The van der Waals surface area contributed by atoms with Crippen LogP contribution in [0.2, 0.25) is 0 Å². The molecule has 1 aliphatic rings. The van der Waals surface area contributed by atoms with Gasteiger partial charge in [-0.1, -0.05) is 19.1 Å². The molecule has 0 saturated carbocycles. The van der Waals surface area contributed by atoms with Crippen LogP contribution < -0.4 is 11.1 Å². The first-order valence-electron chi connectivity index (χ1n) is 5.87. The first-order valence-corrected chi connectivity index (χ1v) is 6.28. The molecule has 0 aliphatic carbocycles. The monoisotopic (exact) mass is 243 g/mol. The number of amides is 1. The van der Waals surface area contributed by atoms with Crippen LogP contribution in [0.4, 0.5) is 0 Å². The van der Waals surface area contributed by atoms with Gasteiger partial charge in [0.05, 0.1) is 17.6 Å². The summed E-state index contributed by atoms with van der Waals surface area (Å²) in [5, 5.41) is 2.95. The molecule has 1 heterocycles. The van der Waals surface area contributed by atoms with Crippen LogP contribution in [0.1, 0.15) is 33.1 Å². The van der Waals surface area contributed by atoms with E-state index < -0.39 is 0 Å². The van der Waals surface area contributed by atoms with Gasteiger partial charge in [0.1, 0.15) is 0 Å². The number of nitrogens with two attached hydrogens (primary N) is 1. The van der Waals surface area contributed by atoms with E-state index in [0.29, 0.717) is 11.5 Å². The lowest BCUT2D eigenvalue weighted by Gasteiger charge is -2.23. The highest BCUT2D eigenvalue weighted by Crippen LogP contribution is 2.16. The molecule has 1 saturated heterocycles. The molecular formula is C11H21N3OS. The molecule has 5 heteroatoms. The molecule has 0 radical (unpaired) electrons. The third-order valence-corrected chi connectivity index (χ3v) is 3.33. The van der Waals surface area contributed by atoms with E-state index in [-0.39, 0.29) is 18.0 Å². The molecule has 1 rings (SSSR count). The molecule has 16 heavy (non-hydrogen) atoms. The summed E-state index contributed by atoms with van der Waals surface area (Å²) < 4.78 is 0. The highest BCUT2D eigenvalue weighted by molar-refractivity contribution is 7.80. The maximum Gasteiger partial charge on any atom is 0.234 e. The zero-order chi connectivity index (χ0) is 12.1. The summed E-state index contributed by atoms with van der Waals surface area (Å²) in [5.41, 5.74) is 5.65. The Labute approximate surface area is 103 Å². The Morgan fingerprint density at radius 2 is 2.38 bits per heavy atom. The number of carbonyl (C=O) groups is 1. The Morgan fingerprint density at radius 3 is 2.94 bits per heavy atom. The predicted molar refractivity (Wildman–Crippen MR) is 69.3 cm³/mol. The summed E-state index contributed by atoms with van der Waals surface area (Å²) in [6, 6.07) is 0.344. The van der Waals surface area contributed by atoms with E-state index in [1.807, 2.05) is 6.92 Å². The van der Waals surface area contributed by atoms with Crippen molar-refractivity contribution < 1.29 is 4.79 Å². The van der Waals surface area contributed by atoms with Gasteiger partial charge in [0, 0.05) is 6.04 Å². The molecule has 1 aliphatic heterocycles. The number of hydrogen-bond donors (Lipinski definition) is 2. The largest absolute Gasteiger partial charge is 0.392 e. The zero-order valence-corrected chi connectivity index (χ0v) is 10.8. The molecular weight excluding hydrogens is 222 g/mol. The molecule has 0 aromatic rings. The van der Waals surface area contributed by atoms with Crippen LogP contribution in [0, 0.1) is 0 Å². The molecule has 92 valence electrons. The number of rotatable bonds is 5. The van der Waals surface area contributed by atoms with Crippen LogP contribution >= 0.6 is 12.2 Å². The standard InChI is InChI=1S/C11H21N3OS/c1-3-8(2)13-10(15)7-14-6-4-5-9(14)11(12)16/h8-9H,3-7H2,1-2H3,(H2,12,16)(H,13,15). The zero-order valence-electron chi connectivity index (χ0n) is 10.0. The lowest BCUT2D eigenvalue weighted by atomic mass is 10.2. The van der Waals surface area contributed by atoms with Gasteiger partial charge in [-0.25, -0.2) is 0 Å². The minimum absolute atomic E-state index is 0.0671. The SMILES string of the molecule is CCC(C)NC(=O)CN1CCCC1C(N)=S. The third-order valence-electron chi connectivity index (χ3n) is 3.06. The number of likely N-dealkylation sites (tertiary alicyclic amines) is 1. The summed E-state index contributed by atoms with van der Waals surface area (Å²) >= 11 is 5.00. The molecule has 2 atom stereocenters. The van der Waals surface area contributed by atoms with E-state index in [4.69, 9.17) is 18.0 Å². The molecule has 3 N–H and O–H groups in total. The molecule has 0 aromatic heterocycles. The van der Waals surface area contributed by atoms with Gasteiger partial charge < -0.3 is 11.1 Å². The Kier molecular flexibility index (Phi) is 5.15. The van der Waals surface area contributed by atoms with E-state index in [1.165, 1.54) is 0 Å². The van der Waals surface area contributed by atoms with Crippen LogP contribution in [0.3, 0.4) is 0 Å². The summed E-state index contributed by atoms with van der Waals surface area (Å²) in [5.74, 6) is 0.0671. The second-order valence-corrected chi connectivity index (χ2v) is 4.88. The Morgan fingerprint density at radius 1 is 1.69 bits per heavy atom. The van der Waals surface area contributed by atoms with E-state index in [9.17, 15) is 4.79 Å². The fourth-order valence-corrected chi connectivity index (χ4v) is 2.21. The number of nitrogens with one attached hydrogen (secondary N) is 1. The molecule has 0 spiro atoms. The first kappa shape index (κ1) is 13.4. The molecule has 1 amide bonds. The van der Waals surface area contributed by atoms with Gasteiger partial charge in [-0.15, -0.1) is 0 Å². The Bertz CT molecular complexity index is 270. The van der Waals surface area contributed by atoms with Crippen molar-refractivity contribution >= 4 is 23.1 Å². The maximum atomic E-state index is 11.7. The third kappa shape index (κ3) is 3.72. The van der Waals surface area contributed by atoms with Gasteiger partial charge in [-0.05, 0) is 32.7 Å². The lowest BCUT2D eigenvalue weighted by Crippen LogP contribution is -2.46. The minimum atomic E-state index is 0.0671. The average molecular weight is 243 g/mol. The van der Waals surface area contributed by atoms with Crippen LogP contribution in [0.5, 0.6) is 0 Å². The van der Waals surface area contributed by atoms with E-state index in [0.717, 1.165) is 25.8 Å². The minimum Gasteiger partial charge on any atom is -0.392 e. The van der Waals surface area contributed by atoms with Gasteiger partial charge >= 0.3 is 0 Å². The first-order chi connectivity index (χ1) is 7.54. The predicted octanol–water partition coefficient (Wildman–Crippen LogP) is 0.652. The van der Waals surface area contributed by atoms with E-state index >= 15 is 0 Å². The smallest absolute Gasteiger partial charge is 0.234 e. The van der Waals surface area contributed by atoms with Gasteiger partial charge in [-0.2, -0.15) is 0 Å². The highest BCUT2D eigenvalue weighted by atomic mass is 32.1. The molecule has 0 aromatic carbocycles. The summed E-state index contributed by atoms with van der Waals surface area (Å²) in [6.07, 6.45) is 3.00. The Balaban J connectivity index is 2.41. The maximum absolute atomic E-state index is 11.7. The molecule has 0 bridgehead atoms. The molecule has 1 fully saturated rings. The second-order valence-electron chi connectivity index (χ2n) is 4.41. The number of carbonyl (C=O) groups excluding carboxylic acids is 1. The summed E-state index contributed by atoms with van der Waals surface area (Å²) in [4.78, 5) is 14.3. The lowest BCUT2D eigenvalue weighted by molar-refractivity contribution is -0.122. The van der Waals surface area contributed by atoms with Gasteiger partial charge in [0.2, 0.25) is 5.91 Å². The topological polar surface area (TPSA) is 58.4 Å². The van der Waals surface area contributed by atoms with Crippen molar-refractivity contribution in [2.24, 2.45) is 5.73 Å². The van der Waals surface area contributed by atoms with Crippen molar-refractivity contribution in [3.8, 4) is 0 Å². The van der Waals surface area contributed by atoms with Crippen molar-refractivity contribution in [1.82, 2.24) is 10.2 Å². The average Bonchev–Trinajstić information content (AvgIpc) is 2.65. The fraction of sp³-hybridized carbons (Fsp3) is 0.818. The highest BCUT2D eigenvalue weighted by Gasteiger charge is 2.28. The van der Waals surface area contributed by atoms with E-state index in [1.54, 1.807) is 0 Å². The normalized spacial score (nSPS) is 23.0. The molecule has 2 unspecified atom stereocenters. The van der Waals surface area contributed by atoms with Crippen molar-refractivity contribution in [3.63, 3.8) is 0 Å². The van der Waals surface area contributed by atoms with Gasteiger partial charge in [-0.3, -0.25) is 9.69 Å². The van der Waals surface area contributed by atoms with Gasteiger partial charge in [0.15, 0.2) is 0 Å². The van der Waals surface area contributed by atoms with Crippen LogP contribution in [0.25, 0.3) is 0 Å². The van der Waals surface area contributed by atoms with Crippen molar-refractivity contribution in [3.05, 3.63) is 0 Å². The number of hydrogen-bond acceptors (Lipinski definition) is 3. The summed E-state index contributed by atoms with van der Waals surface area (Å²) in [6.45, 7) is 5.38. The van der Waals surface area contributed by atoms with E-state index in [2.05, 4.69) is 17.1 Å². The van der Waals surface area contributed by atoms with Crippen molar-refractivity contribution in [1.29, 1.82) is 0 Å². The fourth-order valence-electron chi connectivity index (χ4n) is 1.94. The summed E-state index contributed by atoms with van der Waals surface area (Å²) in [7, 11) is 0. The van der Waals surface area contributed by atoms with Crippen LogP contribution in [-0.2, 0) is 4.79 Å².